The minimum Gasteiger partial charge on any atom is -0.309 e. The zero-order valence-electron chi connectivity index (χ0n) is 21.9. The molecule has 4 heterocycles. The van der Waals surface area contributed by atoms with Crippen molar-refractivity contribution in [2.24, 2.45) is 0 Å². The lowest BCUT2D eigenvalue weighted by Gasteiger charge is -2.19. The predicted molar refractivity (Wildman–Crippen MR) is 170 cm³/mol. The zero-order valence-corrected chi connectivity index (χ0v) is 22.8. The molecule has 1 aliphatic heterocycles. The Bertz CT molecular complexity index is 2410. The molecule has 9 rings (SSSR count). The Hall–Kier alpha value is -5.05. The summed E-state index contributed by atoms with van der Waals surface area (Å²) in [6.45, 7) is 0. The molecule has 0 N–H and O–H groups in total. The van der Waals surface area contributed by atoms with Crippen LogP contribution < -0.4 is 15.9 Å². The van der Waals surface area contributed by atoms with E-state index in [1.54, 1.807) is 0 Å². The molecule has 1 aliphatic rings. The lowest BCUT2D eigenvalue weighted by molar-refractivity contribution is 0.593. The molecule has 192 valence electrons. The fraction of sp³-hybridized carbons (Fsp3) is 0. The van der Waals surface area contributed by atoms with E-state index in [2.05, 4.69) is 76.3 Å². The highest BCUT2D eigenvalue weighted by atomic mass is 31.2. The van der Waals surface area contributed by atoms with Crippen LogP contribution in [0.5, 0.6) is 0 Å². The lowest BCUT2D eigenvalue weighted by atomic mass is 10.0. The first-order chi connectivity index (χ1) is 20.2. The average Bonchev–Trinajstić information content (AvgIpc) is 3.51. The van der Waals surface area contributed by atoms with Gasteiger partial charge in [0.25, 0.3) is 0 Å². The van der Waals surface area contributed by atoms with E-state index in [9.17, 15) is 0 Å². The van der Waals surface area contributed by atoms with Gasteiger partial charge in [-0.3, -0.25) is 9.97 Å². The average molecular weight is 544 g/mol. The first kappa shape index (κ1) is 22.7. The number of hydrogen-bond acceptors (Lipinski definition) is 3. The zero-order chi connectivity index (χ0) is 27.1. The summed E-state index contributed by atoms with van der Waals surface area (Å²) < 4.78 is 18.0. The summed E-state index contributed by atoms with van der Waals surface area (Å²) in [4.78, 5) is 9.48. The number of benzene rings is 5. The second-order valence-corrected chi connectivity index (χ2v) is 13.2. The summed E-state index contributed by atoms with van der Waals surface area (Å²) in [5.41, 5.74) is 6.87. The Balaban J connectivity index is 1.50. The quantitative estimate of drug-likeness (QED) is 0.168. The molecule has 0 spiro atoms. The van der Waals surface area contributed by atoms with Gasteiger partial charge in [0, 0.05) is 44.5 Å². The van der Waals surface area contributed by atoms with Crippen LogP contribution in [-0.2, 0) is 4.57 Å². The molecule has 8 aromatic rings. The largest absolute Gasteiger partial charge is 0.309 e. The van der Waals surface area contributed by atoms with Crippen molar-refractivity contribution in [2.75, 3.05) is 0 Å². The highest BCUT2D eigenvalue weighted by Crippen LogP contribution is 2.55. The van der Waals surface area contributed by atoms with Crippen LogP contribution >= 0.6 is 7.14 Å². The third kappa shape index (κ3) is 2.92. The second-order valence-electron chi connectivity index (χ2n) is 10.5. The van der Waals surface area contributed by atoms with Crippen LogP contribution in [0.15, 0.2) is 134 Å². The Morgan fingerprint density at radius 2 is 1.34 bits per heavy atom. The molecular weight excluding hydrogens is 521 g/mol. The number of hydrogen-bond donors (Lipinski definition) is 0. The lowest BCUT2D eigenvalue weighted by Crippen LogP contribution is -2.22. The number of fused-ring (bicyclic) bond motifs is 10. The molecule has 0 saturated heterocycles. The molecule has 0 fully saturated rings. The smallest absolute Gasteiger partial charge is 0.174 e. The van der Waals surface area contributed by atoms with Crippen LogP contribution in [0.4, 0.5) is 0 Å². The monoisotopic (exact) mass is 543 g/mol. The van der Waals surface area contributed by atoms with Crippen molar-refractivity contribution in [3.63, 3.8) is 0 Å². The van der Waals surface area contributed by atoms with Crippen molar-refractivity contribution in [1.82, 2.24) is 14.5 Å². The summed E-state index contributed by atoms with van der Waals surface area (Å²) in [7, 11) is -3.20. The Labute approximate surface area is 235 Å². The molecule has 0 saturated carbocycles. The standard InChI is InChI=1S/C36H22N3OP/c40-41(24-10-2-1-3-11-24)32-15-7-5-13-26(32)28-19-18-27-25-12-4-6-14-30(25)39(35(27)36(28)41)31-20-22-38-34-29(31)17-16-23-9-8-21-37-33(23)34/h1-22H. The summed E-state index contributed by atoms with van der Waals surface area (Å²) in [6.07, 6.45) is 3.68. The van der Waals surface area contributed by atoms with Crippen LogP contribution in [0, 0.1) is 0 Å². The van der Waals surface area contributed by atoms with E-state index >= 15 is 4.57 Å². The number of nitrogens with zero attached hydrogens (tertiary/aromatic N) is 3. The maximum Gasteiger partial charge on any atom is 0.174 e. The van der Waals surface area contributed by atoms with E-state index in [1.807, 2.05) is 67.0 Å². The molecule has 0 radical (unpaired) electrons. The Morgan fingerprint density at radius 3 is 2.27 bits per heavy atom. The van der Waals surface area contributed by atoms with Crippen LogP contribution in [0.3, 0.4) is 0 Å². The van der Waals surface area contributed by atoms with E-state index in [0.717, 1.165) is 76.3 Å². The van der Waals surface area contributed by atoms with E-state index in [1.165, 1.54) is 0 Å². The Kier molecular flexibility index (Phi) is 4.57. The minimum absolute atomic E-state index is 0.852. The molecule has 5 aromatic carbocycles. The molecule has 3 aromatic heterocycles. The van der Waals surface area contributed by atoms with E-state index < -0.39 is 7.14 Å². The van der Waals surface area contributed by atoms with Gasteiger partial charge in [-0.2, -0.15) is 0 Å². The van der Waals surface area contributed by atoms with Crippen molar-refractivity contribution in [3.8, 4) is 16.8 Å². The van der Waals surface area contributed by atoms with Gasteiger partial charge in [0.1, 0.15) is 0 Å². The molecule has 1 unspecified atom stereocenters. The van der Waals surface area contributed by atoms with E-state index in [4.69, 9.17) is 4.98 Å². The van der Waals surface area contributed by atoms with Crippen molar-refractivity contribution >= 4 is 66.7 Å². The molecular formula is C36H22N3OP. The molecule has 0 aliphatic carbocycles. The summed E-state index contributed by atoms with van der Waals surface area (Å²) in [5, 5.41) is 6.94. The number of rotatable bonds is 2. The third-order valence-electron chi connectivity index (χ3n) is 8.48. The second kappa shape index (κ2) is 8.23. The molecule has 1 atom stereocenters. The topological polar surface area (TPSA) is 47.8 Å². The van der Waals surface area contributed by atoms with Gasteiger partial charge in [-0.25, -0.2) is 0 Å². The van der Waals surface area contributed by atoms with Gasteiger partial charge < -0.3 is 9.13 Å². The molecule has 5 heteroatoms. The van der Waals surface area contributed by atoms with E-state index in [-0.39, 0.29) is 0 Å². The van der Waals surface area contributed by atoms with Crippen molar-refractivity contribution in [3.05, 3.63) is 134 Å². The van der Waals surface area contributed by atoms with Gasteiger partial charge in [-0.15, -0.1) is 0 Å². The number of pyridine rings is 2. The molecule has 0 amide bonds. The van der Waals surface area contributed by atoms with Gasteiger partial charge in [0.2, 0.25) is 0 Å². The van der Waals surface area contributed by atoms with Gasteiger partial charge >= 0.3 is 0 Å². The van der Waals surface area contributed by atoms with Crippen molar-refractivity contribution in [2.45, 2.75) is 0 Å². The van der Waals surface area contributed by atoms with Crippen molar-refractivity contribution < 1.29 is 4.57 Å². The fourth-order valence-electron chi connectivity index (χ4n) is 6.76. The molecule has 0 bridgehead atoms. The SMILES string of the molecule is O=P1(c2ccccc2)c2ccccc2-c2ccc3c4ccccc4n(-c4ccnc5c4ccc4cccnc45)c3c21. The summed E-state index contributed by atoms with van der Waals surface area (Å²) in [5.74, 6) is 0. The minimum atomic E-state index is -3.20. The maximum absolute atomic E-state index is 15.7. The van der Waals surface area contributed by atoms with Crippen LogP contribution in [0.1, 0.15) is 0 Å². The van der Waals surface area contributed by atoms with E-state index in [0.29, 0.717) is 0 Å². The highest BCUT2D eigenvalue weighted by molar-refractivity contribution is 7.86. The molecule has 4 nitrogen and oxygen atoms in total. The molecule has 41 heavy (non-hydrogen) atoms. The van der Waals surface area contributed by atoms with Crippen molar-refractivity contribution in [1.29, 1.82) is 0 Å². The van der Waals surface area contributed by atoms with Gasteiger partial charge in [-0.05, 0) is 35.4 Å². The highest BCUT2D eigenvalue weighted by Gasteiger charge is 2.42. The maximum atomic E-state index is 15.7. The van der Waals surface area contributed by atoms with Gasteiger partial charge in [0.15, 0.2) is 7.14 Å². The van der Waals surface area contributed by atoms with Gasteiger partial charge in [-0.1, -0.05) is 97.1 Å². The van der Waals surface area contributed by atoms with Crippen LogP contribution in [0.25, 0.3) is 60.4 Å². The Morgan fingerprint density at radius 1 is 0.561 bits per heavy atom. The normalized spacial score (nSPS) is 16.0. The first-order valence-corrected chi connectivity index (χ1v) is 15.4. The summed E-state index contributed by atoms with van der Waals surface area (Å²) in [6, 6.07) is 41.3. The first-order valence-electron chi connectivity index (χ1n) is 13.7. The summed E-state index contributed by atoms with van der Waals surface area (Å²) >= 11 is 0. The number of para-hydroxylation sites is 1. The van der Waals surface area contributed by atoms with Crippen LogP contribution in [-0.4, -0.2) is 14.5 Å². The van der Waals surface area contributed by atoms with Gasteiger partial charge in [0.05, 0.1) is 33.1 Å². The fourth-order valence-corrected chi connectivity index (χ4v) is 10.0. The van der Waals surface area contributed by atoms with Crippen LogP contribution in [0.2, 0.25) is 0 Å². The third-order valence-corrected chi connectivity index (χ3v) is 11.7. The number of aromatic nitrogens is 3. The predicted octanol–water partition coefficient (Wildman–Crippen LogP) is 7.50.